The standard InChI is InChI=1S/C14H13F3N2O/c15-14(16,17)13-5-4-11(7-10(13)8-18)19-6-2-1-3-12(19)9-20/h4-5,7,9,12H,1-3,6H2. The highest BCUT2D eigenvalue weighted by molar-refractivity contribution is 5.67. The molecular weight excluding hydrogens is 269 g/mol. The van der Waals surface area contributed by atoms with Gasteiger partial charge in [-0.1, -0.05) is 0 Å². The Balaban J connectivity index is 2.39. The summed E-state index contributed by atoms with van der Waals surface area (Å²) in [4.78, 5) is 12.8. The molecular formula is C14H13F3N2O. The first-order valence-electron chi connectivity index (χ1n) is 6.30. The molecule has 20 heavy (non-hydrogen) atoms. The van der Waals surface area contributed by atoms with Crippen LogP contribution >= 0.6 is 0 Å². The number of benzene rings is 1. The number of hydrogen-bond acceptors (Lipinski definition) is 3. The van der Waals surface area contributed by atoms with Crippen LogP contribution in [0.25, 0.3) is 0 Å². The van der Waals surface area contributed by atoms with Gasteiger partial charge in [0.1, 0.15) is 6.29 Å². The van der Waals surface area contributed by atoms with E-state index in [0.717, 1.165) is 25.2 Å². The van der Waals surface area contributed by atoms with Crippen LogP contribution in [0.1, 0.15) is 30.4 Å². The lowest BCUT2D eigenvalue weighted by atomic mass is 10.0. The summed E-state index contributed by atoms with van der Waals surface area (Å²) in [6.45, 7) is 0.611. The van der Waals surface area contributed by atoms with Crippen LogP contribution in [0.5, 0.6) is 0 Å². The minimum atomic E-state index is -4.55. The van der Waals surface area contributed by atoms with Crippen molar-refractivity contribution in [2.75, 3.05) is 11.4 Å². The number of nitriles is 1. The van der Waals surface area contributed by atoms with Crippen LogP contribution in [0.2, 0.25) is 0 Å². The molecule has 0 spiro atoms. The van der Waals surface area contributed by atoms with Crippen molar-refractivity contribution in [1.82, 2.24) is 0 Å². The van der Waals surface area contributed by atoms with Gasteiger partial charge in [-0.3, -0.25) is 0 Å². The van der Waals surface area contributed by atoms with Gasteiger partial charge in [-0.15, -0.1) is 0 Å². The minimum absolute atomic E-state index is 0.327. The van der Waals surface area contributed by atoms with Crippen molar-refractivity contribution in [2.45, 2.75) is 31.5 Å². The zero-order valence-corrected chi connectivity index (χ0v) is 10.7. The van der Waals surface area contributed by atoms with Gasteiger partial charge in [-0.25, -0.2) is 0 Å². The molecule has 0 bridgehead atoms. The van der Waals surface area contributed by atoms with Crippen molar-refractivity contribution in [1.29, 1.82) is 5.26 Å². The van der Waals surface area contributed by atoms with E-state index in [1.54, 1.807) is 11.0 Å². The fourth-order valence-corrected chi connectivity index (χ4v) is 2.47. The zero-order chi connectivity index (χ0) is 14.8. The summed E-state index contributed by atoms with van der Waals surface area (Å²) in [7, 11) is 0. The molecule has 0 saturated carbocycles. The lowest BCUT2D eigenvalue weighted by Gasteiger charge is -2.34. The summed E-state index contributed by atoms with van der Waals surface area (Å²) in [6.07, 6.45) is -1.25. The number of piperidine rings is 1. The number of carbonyl (C=O) groups excluding carboxylic acids is 1. The maximum Gasteiger partial charge on any atom is 0.417 e. The zero-order valence-electron chi connectivity index (χ0n) is 10.7. The van der Waals surface area contributed by atoms with E-state index in [4.69, 9.17) is 5.26 Å². The summed E-state index contributed by atoms with van der Waals surface area (Å²) in [5, 5.41) is 8.89. The molecule has 0 N–H and O–H groups in total. The Hall–Kier alpha value is -2.03. The summed E-state index contributed by atoms with van der Waals surface area (Å²) in [5.41, 5.74) is -0.861. The van der Waals surface area contributed by atoms with Crippen molar-refractivity contribution in [3.05, 3.63) is 29.3 Å². The minimum Gasteiger partial charge on any atom is -0.362 e. The number of nitrogens with zero attached hydrogens (tertiary/aromatic N) is 2. The van der Waals surface area contributed by atoms with Gasteiger partial charge in [-0.05, 0) is 37.5 Å². The number of rotatable bonds is 2. The molecule has 2 rings (SSSR count). The maximum atomic E-state index is 12.7. The first kappa shape index (κ1) is 14.4. The van der Waals surface area contributed by atoms with Gasteiger partial charge in [0.25, 0.3) is 0 Å². The highest BCUT2D eigenvalue weighted by Crippen LogP contribution is 2.34. The first-order chi connectivity index (χ1) is 9.47. The molecule has 0 aliphatic carbocycles. The van der Waals surface area contributed by atoms with E-state index in [0.29, 0.717) is 18.7 Å². The van der Waals surface area contributed by atoms with Gasteiger partial charge in [0.05, 0.1) is 23.2 Å². The number of aldehydes is 1. The smallest absolute Gasteiger partial charge is 0.362 e. The Morgan fingerprint density at radius 3 is 2.70 bits per heavy atom. The molecule has 1 aromatic rings. The van der Waals surface area contributed by atoms with E-state index >= 15 is 0 Å². The van der Waals surface area contributed by atoms with Crippen LogP contribution in [-0.2, 0) is 11.0 Å². The quantitative estimate of drug-likeness (QED) is 0.783. The van der Waals surface area contributed by atoms with Crippen LogP contribution in [-0.4, -0.2) is 18.9 Å². The second-order valence-electron chi connectivity index (χ2n) is 4.73. The molecule has 1 aliphatic heterocycles. The Morgan fingerprint density at radius 1 is 1.35 bits per heavy atom. The number of anilines is 1. The van der Waals surface area contributed by atoms with Gasteiger partial charge < -0.3 is 9.69 Å². The van der Waals surface area contributed by atoms with E-state index in [2.05, 4.69) is 0 Å². The van der Waals surface area contributed by atoms with Crippen LogP contribution in [0.15, 0.2) is 18.2 Å². The number of hydrogen-bond donors (Lipinski definition) is 0. The van der Waals surface area contributed by atoms with E-state index in [1.807, 2.05) is 0 Å². The molecule has 0 aromatic heterocycles. The fourth-order valence-electron chi connectivity index (χ4n) is 2.47. The first-order valence-corrected chi connectivity index (χ1v) is 6.30. The van der Waals surface area contributed by atoms with Crippen molar-refractivity contribution in [2.24, 2.45) is 0 Å². The average Bonchev–Trinajstić information content (AvgIpc) is 2.45. The van der Waals surface area contributed by atoms with Gasteiger partial charge in [0, 0.05) is 12.2 Å². The molecule has 1 heterocycles. The molecule has 1 aliphatic rings. The third-order valence-electron chi connectivity index (χ3n) is 3.47. The molecule has 1 aromatic carbocycles. The SMILES string of the molecule is N#Cc1cc(N2CCCCC2C=O)ccc1C(F)(F)F. The summed E-state index contributed by atoms with van der Waals surface area (Å²) < 4.78 is 38.2. The third-order valence-corrected chi connectivity index (χ3v) is 3.47. The summed E-state index contributed by atoms with van der Waals surface area (Å²) >= 11 is 0. The highest BCUT2D eigenvalue weighted by Gasteiger charge is 2.34. The number of carbonyl (C=O) groups is 1. The Kier molecular flexibility index (Phi) is 3.98. The molecule has 1 unspecified atom stereocenters. The fraction of sp³-hybridized carbons (Fsp3) is 0.429. The van der Waals surface area contributed by atoms with Gasteiger partial charge >= 0.3 is 6.18 Å². The second kappa shape index (κ2) is 5.53. The molecule has 1 atom stereocenters. The van der Waals surface area contributed by atoms with Crippen molar-refractivity contribution in [3.63, 3.8) is 0 Å². The predicted molar refractivity (Wildman–Crippen MR) is 67.2 cm³/mol. The lowest BCUT2D eigenvalue weighted by Crippen LogP contribution is -2.40. The van der Waals surface area contributed by atoms with Crippen molar-refractivity contribution in [3.8, 4) is 6.07 Å². The lowest BCUT2D eigenvalue weighted by molar-refractivity contribution is -0.137. The van der Waals surface area contributed by atoms with Crippen molar-refractivity contribution >= 4 is 12.0 Å². The largest absolute Gasteiger partial charge is 0.417 e. The second-order valence-corrected chi connectivity index (χ2v) is 4.73. The third kappa shape index (κ3) is 2.77. The van der Waals surface area contributed by atoms with Crippen LogP contribution in [0, 0.1) is 11.3 Å². The number of halogens is 3. The van der Waals surface area contributed by atoms with Gasteiger partial charge in [-0.2, -0.15) is 18.4 Å². The molecule has 106 valence electrons. The topological polar surface area (TPSA) is 44.1 Å². The van der Waals surface area contributed by atoms with Gasteiger partial charge in [0.2, 0.25) is 0 Å². The Morgan fingerprint density at radius 2 is 2.10 bits per heavy atom. The monoisotopic (exact) mass is 282 g/mol. The predicted octanol–water partition coefficient (Wildman–Crippen LogP) is 3.13. The van der Waals surface area contributed by atoms with E-state index < -0.39 is 17.3 Å². The van der Waals surface area contributed by atoms with Crippen LogP contribution in [0.4, 0.5) is 18.9 Å². The van der Waals surface area contributed by atoms with E-state index in [1.165, 1.54) is 12.1 Å². The molecule has 3 nitrogen and oxygen atoms in total. The van der Waals surface area contributed by atoms with Crippen molar-refractivity contribution < 1.29 is 18.0 Å². The molecule has 0 radical (unpaired) electrons. The summed E-state index contributed by atoms with van der Waals surface area (Å²) in [5.74, 6) is 0. The van der Waals surface area contributed by atoms with E-state index in [-0.39, 0.29) is 6.04 Å². The van der Waals surface area contributed by atoms with Gasteiger partial charge in [0.15, 0.2) is 0 Å². The van der Waals surface area contributed by atoms with Crippen LogP contribution in [0.3, 0.4) is 0 Å². The average molecular weight is 282 g/mol. The van der Waals surface area contributed by atoms with E-state index in [9.17, 15) is 18.0 Å². The Labute approximate surface area is 114 Å². The van der Waals surface area contributed by atoms with Crippen LogP contribution < -0.4 is 4.90 Å². The summed E-state index contributed by atoms with van der Waals surface area (Å²) in [6, 6.07) is 4.70. The Bertz CT molecular complexity index is 548. The number of alkyl halides is 3. The molecule has 1 saturated heterocycles. The maximum absolute atomic E-state index is 12.7. The normalized spacial score (nSPS) is 19.5. The molecule has 6 heteroatoms. The highest BCUT2D eigenvalue weighted by atomic mass is 19.4. The molecule has 0 amide bonds. The molecule has 1 fully saturated rings.